The Morgan fingerprint density at radius 2 is 1.60 bits per heavy atom. The first-order valence-corrected chi connectivity index (χ1v) is 9.50. The van der Waals surface area contributed by atoms with Crippen molar-refractivity contribution < 1.29 is 23.9 Å². The minimum absolute atomic E-state index is 0.178. The Morgan fingerprint density at radius 1 is 0.933 bits per heavy atom. The van der Waals surface area contributed by atoms with Crippen molar-refractivity contribution in [3.05, 3.63) is 54.6 Å². The molecule has 0 spiro atoms. The molecule has 1 unspecified atom stereocenters. The number of nitrogens with one attached hydrogen (secondary N) is 3. The fraction of sp³-hybridized carbons (Fsp3) is 0.318. The first-order valence-electron chi connectivity index (χ1n) is 9.50. The van der Waals surface area contributed by atoms with Gasteiger partial charge in [-0.1, -0.05) is 24.3 Å². The molecule has 0 aliphatic carbocycles. The first kappa shape index (κ1) is 22.7. The van der Waals surface area contributed by atoms with Crippen LogP contribution >= 0.6 is 0 Å². The van der Waals surface area contributed by atoms with Crippen molar-refractivity contribution in [2.24, 2.45) is 0 Å². The average molecular weight is 413 g/mol. The van der Waals surface area contributed by atoms with E-state index in [1.54, 1.807) is 64.1 Å². The summed E-state index contributed by atoms with van der Waals surface area (Å²) in [5.74, 6) is -0.297. The van der Waals surface area contributed by atoms with E-state index in [0.29, 0.717) is 17.1 Å². The Morgan fingerprint density at radius 3 is 2.27 bits per heavy atom. The Kier molecular flexibility index (Phi) is 7.80. The number of ether oxygens (including phenoxy) is 2. The van der Waals surface area contributed by atoms with Gasteiger partial charge in [-0.2, -0.15) is 0 Å². The molecule has 0 radical (unpaired) electrons. The standard InChI is InChI=1S/C22H27N3O5/c1-15(23-21(28)30-22(2,3)4)20(27)25-17-11-8-12-18(13-17)29-14-19(26)24-16-9-6-5-7-10-16/h5-13,15H,14H2,1-4H3,(H,23,28)(H,24,26)(H,25,27). The summed E-state index contributed by atoms with van der Waals surface area (Å²) >= 11 is 0. The van der Waals surface area contributed by atoms with Gasteiger partial charge in [0.1, 0.15) is 17.4 Å². The smallest absolute Gasteiger partial charge is 0.408 e. The first-order chi connectivity index (χ1) is 14.1. The van der Waals surface area contributed by atoms with Crippen LogP contribution in [-0.2, 0) is 14.3 Å². The predicted octanol–water partition coefficient (Wildman–Crippen LogP) is 3.56. The number of rotatable bonds is 7. The van der Waals surface area contributed by atoms with Crippen LogP contribution in [0.5, 0.6) is 5.75 Å². The van der Waals surface area contributed by atoms with Gasteiger partial charge in [-0.15, -0.1) is 0 Å². The van der Waals surface area contributed by atoms with Gasteiger partial charge in [-0.3, -0.25) is 9.59 Å². The zero-order valence-electron chi connectivity index (χ0n) is 17.5. The van der Waals surface area contributed by atoms with Crippen LogP contribution in [0.2, 0.25) is 0 Å². The van der Waals surface area contributed by atoms with Crippen LogP contribution < -0.4 is 20.7 Å². The summed E-state index contributed by atoms with van der Waals surface area (Å²) in [6, 6.07) is 14.9. The lowest BCUT2D eigenvalue weighted by Crippen LogP contribution is -2.43. The lowest BCUT2D eigenvalue weighted by atomic mass is 10.2. The summed E-state index contributed by atoms with van der Waals surface area (Å²) in [5.41, 5.74) is 0.496. The average Bonchev–Trinajstić information content (AvgIpc) is 2.66. The molecule has 2 aromatic rings. The molecule has 0 fully saturated rings. The molecule has 0 heterocycles. The highest BCUT2D eigenvalue weighted by Gasteiger charge is 2.21. The quantitative estimate of drug-likeness (QED) is 0.644. The van der Waals surface area contributed by atoms with Gasteiger partial charge < -0.3 is 25.4 Å². The second-order valence-electron chi connectivity index (χ2n) is 7.59. The molecular formula is C22H27N3O5. The summed E-state index contributed by atoms with van der Waals surface area (Å²) in [7, 11) is 0. The zero-order chi connectivity index (χ0) is 22.1. The van der Waals surface area contributed by atoms with Crippen LogP contribution in [0, 0.1) is 0 Å². The molecule has 0 saturated heterocycles. The van der Waals surface area contributed by atoms with Crippen LogP contribution in [0.25, 0.3) is 0 Å². The minimum Gasteiger partial charge on any atom is -0.484 e. The normalized spacial score (nSPS) is 11.7. The molecule has 1 atom stereocenters. The van der Waals surface area contributed by atoms with E-state index < -0.39 is 23.6 Å². The SMILES string of the molecule is CC(NC(=O)OC(C)(C)C)C(=O)Nc1cccc(OCC(=O)Nc2ccccc2)c1. The molecule has 0 aliphatic heterocycles. The van der Waals surface area contributed by atoms with E-state index in [4.69, 9.17) is 9.47 Å². The maximum Gasteiger partial charge on any atom is 0.408 e. The van der Waals surface area contributed by atoms with Gasteiger partial charge in [-0.05, 0) is 52.0 Å². The third-order valence-electron chi connectivity index (χ3n) is 3.66. The lowest BCUT2D eigenvalue weighted by molar-refractivity contribution is -0.118. The molecule has 2 aromatic carbocycles. The van der Waals surface area contributed by atoms with E-state index in [1.165, 1.54) is 0 Å². The van der Waals surface area contributed by atoms with Crippen molar-refractivity contribution in [3.63, 3.8) is 0 Å². The zero-order valence-corrected chi connectivity index (χ0v) is 17.5. The highest BCUT2D eigenvalue weighted by atomic mass is 16.6. The highest BCUT2D eigenvalue weighted by molar-refractivity contribution is 5.96. The Hall–Kier alpha value is -3.55. The van der Waals surface area contributed by atoms with Crippen LogP contribution in [0.1, 0.15) is 27.7 Å². The van der Waals surface area contributed by atoms with Gasteiger partial charge in [-0.25, -0.2) is 4.79 Å². The van der Waals surface area contributed by atoms with Gasteiger partial charge in [0.2, 0.25) is 5.91 Å². The van der Waals surface area contributed by atoms with Crippen molar-refractivity contribution in [3.8, 4) is 5.75 Å². The topological polar surface area (TPSA) is 106 Å². The number of para-hydroxylation sites is 1. The van der Waals surface area contributed by atoms with E-state index in [1.807, 2.05) is 18.2 Å². The van der Waals surface area contributed by atoms with Crippen molar-refractivity contribution >= 4 is 29.3 Å². The molecule has 3 N–H and O–H groups in total. The van der Waals surface area contributed by atoms with Crippen molar-refractivity contribution in [2.75, 3.05) is 17.2 Å². The monoisotopic (exact) mass is 413 g/mol. The molecule has 3 amide bonds. The summed E-state index contributed by atoms with van der Waals surface area (Å²) in [5, 5.41) is 7.89. The van der Waals surface area contributed by atoms with Gasteiger partial charge in [0, 0.05) is 17.4 Å². The van der Waals surface area contributed by atoms with Gasteiger partial charge in [0.05, 0.1) is 0 Å². The number of hydrogen-bond donors (Lipinski definition) is 3. The van der Waals surface area contributed by atoms with Gasteiger partial charge in [0.15, 0.2) is 6.61 Å². The van der Waals surface area contributed by atoms with E-state index in [-0.39, 0.29) is 12.5 Å². The fourth-order valence-corrected chi connectivity index (χ4v) is 2.33. The molecule has 30 heavy (non-hydrogen) atoms. The molecule has 0 saturated carbocycles. The molecule has 160 valence electrons. The summed E-state index contributed by atoms with van der Waals surface area (Å²) < 4.78 is 10.6. The predicted molar refractivity (Wildman–Crippen MR) is 114 cm³/mol. The summed E-state index contributed by atoms with van der Waals surface area (Å²) in [4.78, 5) is 36.1. The van der Waals surface area contributed by atoms with Crippen LogP contribution in [0.15, 0.2) is 54.6 Å². The molecular weight excluding hydrogens is 386 g/mol. The van der Waals surface area contributed by atoms with Crippen molar-refractivity contribution in [1.82, 2.24) is 5.32 Å². The summed E-state index contributed by atoms with van der Waals surface area (Å²) in [6.07, 6.45) is -0.674. The number of hydrogen-bond acceptors (Lipinski definition) is 5. The Labute approximate surface area is 175 Å². The van der Waals surface area contributed by atoms with Gasteiger partial charge >= 0.3 is 6.09 Å². The van der Waals surface area contributed by atoms with E-state index in [9.17, 15) is 14.4 Å². The van der Waals surface area contributed by atoms with Crippen LogP contribution in [0.4, 0.5) is 16.2 Å². The minimum atomic E-state index is -0.805. The third kappa shape index (κ3) is 8.22. The number of carbonyl (C=O) groups excluding carboxylic acids is 3. The molecule has 0 bridgehead atoms. The maximum atomic E-state index is 12.3. The van der Waals surface area contributed by atoms with E-state index in [2.05, 4.69) is 16.0 Å². The number of benzene rings is 2. The fourth-order valence-electron chi connectivity index (χ4n) is 2.33. The Balaban J connectivity index is 1.85. The summed E-state index contributed by atoms with van der Waals surface area (Å²) in [6.45, 7) is 6.59. The number of alkyl carbamates (subject to hydrolysis) is 1. The molecule has 8 nitrogen and oxygen atoms in total. The Bertz CT molecular complexity index is 878. The number of anilines is 2. The number of carbonyl (C=O) groups is 3. The molecule has 2 rings (SSSR count). The lowest BCUT2D eigenvalue weighted by Gasteiger charge is -2.21. The highest BCUT2D eigenvalue weighted by Crippen LogP contribution is 2.18. The van der Waals surface area contributed by atoms with E-state index in [0.717, 1.165) is 0 Å². The van der Waals surface area contributed by atoms with Crippen molar-refractivity contribution in [1.29, 1.82) is 0 Å². The third-order valence-corrected chi connectivity index (χ3v) is 3.66. The largest absolute Gasteiger partial charge is 0.484 e. The maximum absolute atomic E-state index is 12.3. The second kappa shape index (κ2) is 10.3. The van der Waals surface area contributed by atoms with Gasteiger partial charge in [0.25, 0.3) is 5.91 Å². The van der Waals surface area contributed by atoms with Crippen LogP contribution in [0.3, 0.4) is 0 Å². The molecule has 0 aromatic heterocycles. The van der Waals surface area contributed by atoms with Crippen LogP contribution in [-0.4, -0.2) is 36.2 Å². The molecule has 8 heteroatoms. The second-order valence-corrected chi connectivity index (χ2v) is 7.59. The molecule has 0 aliphatic rings. The van der Waals surface area contributed by atoms with Crippen molar-refractivity contribution in [2.45, 2.75) is 39.3 Å². The number of amides is 3. The van der Waals surface area contributed by atoms with E-state index >= 15 is 0 Å².